The third kappa shape index (κ3) is 2.04. The number of H-pyrrole nitrogens is 1. The van der Waals surface area contributed by atoms with Gasteiger partial charge in [0.1, 0.15) is 5.82 Å². The third-order valence-corrected chi connectivity index (χ3v) is 3.94. The smallest absolute Gasteiger partial charge is 0.245 e. The van der Waals surface area contributed by atoms with Crippen LogP contribution in [-0.2, 0) is 6.42 Å². The van der Waals surface area contributed by atoms with Crippen LogP contribution in [0.5, 0.6) is 0 Å². The summed E-state index contributed by atoms with van der Waals surface area (Å²) in [5.41, 5.74) is 0. The van der Waals surface area contributed by atoms with E-state index >= 15 is 0 Å². The van der Waals surface area contributed by atoms with Gasteiger partial charge in [0.15, 0.2) is 0 Å². The van der Waals surface area contributed by atoms with Crippen molar-refractivity contribution < 1.29 is 0 Å². The predicted octanol–water partition coefficient (Wildman–Crippen LogP) is 0.945. The summed E-state index contributed by atoms with van der Waals surface area (Å²) in [6.45, 7) is 5.52. The molecule has 0 radical (unpaired) electrons. The number of aromatic nitrogens is 3. The number of anilines is 1. The molecule has 5 heteroatoms. The molecule has 2 N–H and O–H groups in total. The van der Waals surface area contributed by atoms with Crippen LogP contribution in [-0.4, -0.2) is 40.9 Å². The summed E-state index contributed by atoms with van der Waals surface area (Å²) in [7, 11) is 0. The van der Waals surface area contributed by atoms with E-state index in [1.54, 1.807) is 0 Å². The van der Waals surface area contributed by atoms with Crippen LogP contribution in [0.25, 0.3) is 0 Å². The minimum atomic E-state index is 0.606. The lowest BCUT2D eigenvalue weighted by molar-refractivity contribution is 0.381. The quantitative estimate of drug-likeness (QED) is 0.819. The molecule has 1 aromatic heterocycles. The van der Waals surface area contributed by atoms with E-state index in [1.807, 2.05) is 0 Å². The topological polar surface area (TPSA) is 56.8 Å². The fourth-order valence-electron chi connectivity index (χ4n) is 3.08. The largest absolute Gasteiger partial charge is 0.335 e. The first-order valence-corrected chi connectivity index (χ1v) is 6.77. The average molecular weight is 235 g/mol. The lowest BCUT2D eigenvalue weighted by Crippen LogP contribution is -2.45. The molecule has 0 spiro atoms. The lowest BCUT2D eigenvalue weighted by atomic mass is 9.92. The van der Waals surface area contributed by atoms with Crippen LogP contribution in [0.1, 0.15) is 32.0 Å². The summed E-state index contributed by atoms with van der Waals surface area (Å²) in [6.07, 6.45) is 4.72. The van der Waals surface area contributed by atoms with Crippen molar-refractivity contribution in [3.8, 4) is 0 Å². The van der Waals surface area contributed by atoms with E-state index in [2.05, 4.69) is 32.3 Å². The van der Waals surface area contributed by atoms with Gasteiger partial charge in [0.05, 0.1) is 0 Å². The van der Waals surface area contributed by atoms with Crippen molar-refractivity contribution in [1.82, 2.24) is 20.5 Å². The van der Waals surface area contributed by atoms with Crippen molar-refractivity contribution in [1.29, 1.82) is 0 Å². The van der Waals surface area contributed by atoms with Crippen molar-refractivity contribution in [2.45, 2.75) is 38.6 Å². The van der Waals surface area contributed by atoms with Gasteiger partial charge in [-0.2, -0.15) is 4.98 Å². The first-order chi connectivity index (χ1) is 8.38. The standard InChI is InChI=1S/C12H21N5/c1-2-4-11-14-12(16-15-11)17-6-3-5-9-7-13-8-10(9)17/h9-10,13H,2-8H2,1H3,(H,14,15,16). The molecule has 94 valence electrons. The number of fused-ring (bicyclic) bond motifs is 1. The van der Waals surface area contributed by atoms with Gasteiger partial charge in [-0.25, -0.2) is 0 Å². The molecule has 0 bridgehead atoms. The van der Waals surface area contributed by atoms with Gasteiger partial charge in [0.2, 0.25) is 5.95 Å². The third-order valence-electron chi connectivity index (χ3n) is 3.94. The van der Waals surface area contributed by atoms with Gasteiger partial charge >= 0.3 is 0 Å². The number of aromatic amines is 1. The Hall–Kier alpha value is -1.10. The van der Waals surface area contributed by atoms with Gasteiger partial charge in [-0.1, -0.05) is 6.92 Å². The first kappa shape index (κ1) is 11.0. The molecular formula is C12H21N5. The molecule has 0 aromatic carbocycles. The zero-order valence-corrected chi connectivity index (χ0v) is 10.4. The van der Waals surface area contributed by atoms with Crippen LogP contribution in [0.3, 0.4) is 0 Å². The normalized spacial score (nSPS) is 28.4. The maximum Gasteiger partial charge on any atom is 0.245 e. The van der Waals surface area contributed by atoms with E-state index in [0.717, 1.165) is 50.2 Å². The highest BCUT2D eigenvalue weighted by atomic mass is 15.4. The van der Waals surface area contributed by atoms with Crippen molar-refractivity contribution in [2.75, 3.05) is 24.5 Å². The van der Waals surface area contributed by atoms with Crippen molar-refractivity contribution >= 4 is 5.95 Å². The Balaban J connectivity index is 1.77. The fraction of sp³-hybridized carbons (Fsp3) is 0.833. The molecule has 0 amide bonds. The first-order valence-electron chi connectivity index (χ1n) is 6.77. The Morgan fingerprint density at radius 3 is 3.24 bits per heavy atom. The van der Waals surface area contributed by atoms with E-state index < -0.39 is 0 Å². The highest BCUT2D eigenvalue weighted by Crippen LogP contribution is 2.28. The van der Waals surface area contributed by atoms with E-state index in [4.69, 9.17) is 0 Å². The Labute approximate surface area is 102 Å². The number of rotatable bonds is 3. The average Bonchev–Trinajstić information content (AvgIpc) is 2.96. The molecule has 0 aliphatic carbocycles. The summed E-state index contributed by atoms with van der Waals surface area (Å²) in [4.78, 5) is 7.01. The number of nitrogens with zero attached hydrogens (tertiary/aromatic N) is 3. The van der Waals surface area contributed by atoms with E-state index in [-0.39, 0.29) is 0 Å². The SMILES string of the molecule is CCCc1nc(N2CCCC3CNCC32)n[nH]1. The molecule has 5 nitrogen and oxygen atoms in total. The Morgan fingerprint density at radius 2 is 2.35 bits per heavy atom. The maximum atomic E-state index is 4.62. The summed E-state index contributed by atoms with van der Waals surface area (Å²) in [5.74, 6) is 2.72. The minimum absolute atomic E-state index is 0.606. The van der Waals surface area contributed by atoms with Crippen LogP contribution in [0, 0.1) is 5.92 Å². The number of hydrogen-bond acceptors (Lipinski definition) is 4. The van der Waals surface area contributed by atoms with Crippen LogP contribution >= 0.6 is 0 Å². The minimum Gasteiger partial charge on any atom is -0.335 e. The zero-order chi connectivity index (χ0) is 11.7. The summed E-state index contributed by atoms with van der Waals surface area (Å²) in [6, 6.07) is 0.606. The second-order valence-corrected chi connectivity index (χ2v) is 5.15. The van der Waals surface area contributed by atoms with Gasteiger partial charge in [-0.05, 0) is 25.2 Å². The predicted molar refractivity (Wildman–Crippen MR) is 67.1 cm³/mol. The number of nitrogens with one attached hydrogen (secondary N) is 2. The second-order valence-electron chi connectivity index (χ2n) is 5.15. The van der Waals surface area contributed by atoms with Crippen LogP contribution in [0.4, 0.5) is 5.95 Å². The van der Waals surface area contributed by atoms with Gasteiger partial charge < -0.3 is 10.2 Å². The highest BCUT2D eigenvalue weighted by molar-refractivity contribution is 5.33. The Kier molecular flexibility index (Phi) is 3.01. The van der Waals surface area contributed by atoms with Crippen LogP contribution in [0.15, 0.2) is 0 Å². The maximum absolute atomic E-state index is 4.62. The van der Waals surface area contributed by atoms with Crippen LogP contribution in [0.2, 0.25) is 0 Å². The molecule has 3 rings (SSSR count). The monoisotopic (exact) mass is 235 g/mol. The van der Waals surface area contributed by atoms with Gasteiger partial charge in [0, 0.05) is 32.1 Å². The molecule has 17 heavy (non-hydrogen) atoms. The van der Waals surface area contributed by atoms with Crippen molar-refractivity contribution in [3.05, 3.63) is 5.82 Å². The molecule has 2 saturated heterocycles. The number of hydrogen-bond donors (Lipinski definition) is 2. The van der Waals surface area contributed by atoms with E-state index in [0.29, 0.717) is 6.04 Å². The van der Waals surface area contributed by atoms with Gasteiger partial charge in [-0.3, -0.25) is 5.10 Å². The van der Waals surface area contributed by atoms with E-state index in [9.17, 15) is 0 Å². The molecule has 2 fully saturated rings. The second kappa shape index (κ2) is 4.64. The number of piperidine rings is 1. The summed E-state index contributed by atoms with van der Waals surface area (Å²) >= 11 is 0. The lowest BCUT2D eigenvalue weighted by Gasteiger charge is -2.36. The van der Waals surface area contributed by atoms with Crippen molar-refractivity contribution in [3.63, 3.8) is 0 Å². The van der Waals surface area contributed by atoms with Gasteiger partial charge in [-0.15, -0.1) is 5.10 Å². The van der Waals surface area contributed by atoms with Crippen molar-refractivity contribution in [2.24, 2.45) is 5.92 Å². The molecule has 1 aromatic rings. The molecule has 2 atom stereocenters. The summed E-state index contributed by atoms with van der Waals surface area (Å²) in [5, 5.41) is 10.9. The Morgan fingerprint density at radius 1 is 1.41 bits per heavy atom. The zero-order valence-electron chi connectivity index (χ0n) is 10.4. The highest BCUT2D eigenvalue weighted by Gasteiger charge is 2.36. The van der Waals surface area contributed by atoms with E-state index in [1.165, 1.54) is 12.8 Å². The van der Waals surface area contributed by atoms with Gasteiger partial charge in [0.25, 0.3) is 0 Å². The summed E-state index contributed by atoms with van der Waals surface area (Å²) < 4.78 is 0. The fourth-order valence-corrected chi connectivity index (χ4v) is 3.08. The molecule has 2 aliphatic heterocycles. The number of aryl methyl sites for hydroxylation is 1. The molecular weight excluding hydrogens is 214 g/mol. The van der Waals surface area contributed by atoms with Crippen LogP contribution < -0.4 is 10.2 Å². The molecule has 2 aliphatic rings. The molecule has 0 saturated carbocycles. The molecule has 3 heterocycles. The Bertz CT molecular complexity index is 375. The molecule has 2 unspecified atom stereocenters.